The van der Waals surface area contributed by atoms with Crippen molar-refractivity contribution in [1.29, 1.82) is 0 Å². The molecule has 1 aromatic heterocycles. The van der Waals surface area contributed by atoms with Gasteiger partial charge in [0.15, 0.2) is 0 Å². The van der Waals surface area contributed by atoms with Gasteiger partial charge in [-0.15, -0.1) is 0 Å². The van der Waals surface area contributed by atoms with Crippen LogP contribution in [0.1, 0.15) is 25.7 Å². The average molecular weight is 222 g/mol. The number of hydrogen-bond donors (Lipinski definition) is 2. The number of ether oxygens (including phenoxy) is 1. The maximum atomic E-state index is 5.63. The van der Waals surface area contributed by atoms with E-state index in [1.54, 1.807) is 12.4 Å². The van der Waals surface area contributed by atoms with E-state index in [1.807, 2.05) is 0 Å². The van der Waals surface area contributed by atoms with Gasteiger partial charge in [-0.1, -0.05) is 0 Å². The van der Waals surface area contributed by atoms with Gasteiger partial charge < -0.3 is 15.8 Å². The van der Waals surface area contributed by atoms with Crippen LogP contribution < -0.4 is 11.1 Å². The number of anilines is 2. The Morgan fingerprint density at radius 1 is 1.38 bits per heavy atom. The summed E-state index contributed by atoms with van der Waals surface area (Å²) >= 11 is 0. The van der Waals surface area contributed by atoms with Crippen LogP contribution in [0.2, 0.25) is 0 Å². The summed E-state index contributed by atoms with van der Waals surface area (Å²) in [5.74, 6) is 0.630. The minimum atomic E-state index is 0.398. The Hall–Kier alpha value is -1.36. The second-order valence-corrected chi connectivity index (χ2v) is 4.04. The van der Waals surface area contributed by atoms with E-state index in [-0.39, 0.29) is 0 Å². The van der Waals surface area contributed by atoms with Gasteiger partial charge in [-0.05, 0) is 25.7 Å². The molecule has 0 aromatic carbocycles. The summed E-state index contributed by atoms with van der Waals surface area (Å²) < 4.78 is 5.63. The molecule has 1 unspecified atom stereocenters. The molecule has 0 bridgehead atoms. The third-order valence-corrected chi connectivity index (χ3v) is 2.70. The van der Waals surface area contributed by atoms with E-state index in [4.69, 9.17) is 10.5 Å². The highest BCUT2D eigenvalue weighted by Gasteiger charge is 2.12. The normalized spacial score (nSPS) is 20.6. The van der Waals surface area contributed by atoms with Crippen molar-refractivity contribution in [2.24, 2.45) is 0 Å². The van der Waals surface area contributed by atoms with Gasteiger partial charge >= 0.3 is 0 Å². The molecule has 2 rings (SSSR count). The molecule has 5 nitrogen and oxygen atoms in total. The lowest BCUT2D eigenvalue weighted by molar-refractivity contribution is 0.0134. The summed E-state index contributed by atoms with van der Waals surface area (Å²) in [6, 6.07) is 0. The Kier molecular flexibility index (Phi) is 3.93. The maximum absolute atomic E-state index is 5.63. The highest BCUT2D eigenvalue weighted by Crippen LogP contribution is 2.15. The topological polar surface area (TPSA) is 73.1 Å². The molecule has 1 saturated heterocycles. The van der Waals surface area contributed by atoms with Crippen molar-refractivity contribution in [2.45, 2.75) is 31.8 Å². The Morgan fingerprint density at radius 2 is 2.19 bits per heavy atom. The molecule has 1 fully saturated rings. The molecule has 0 aliphatic carbocycles. The first-order valence-corrected chi connectivity index (χ1v) is 5.77. The second kappa shape index (κ2) is 5.65. The molecular formula is C11H18N4O. The van der Waals surface area contributed by atoms with Crippen molar-refractivity contribution >= 4 is 11.6 Å². The number of aromatic nitrogens is 2. The predicted molar refractivity (Wildman–Crippen MR) is 63.1 cm³/mol. The van der Waals surface area contributed by atoms with Crippen LogP contribution in [0.3, 0.4) is 0 Å². The molecule has 3 N–H and O–H groups in total. The van der Waals surface area contributed by atoms with Crippen LogP contribution in [0.4, 0.5) is 11.6 Å². The van der Waals surface area contributed by atoms with Crippen LogP contribution in [0, 0.1) is 0 Å². The Bertz CT molecular complexity index is 308. The number of rotatable bonds is 4. The minimum absolute atomic E-state index is 0.398. The second-order valence-electron chi connectivity index (χ2n) is 4.04. The molecule has 5 heteroatoms. The summed E-state index contributed by atoms with van der Waals surface area (Å²) in [5, 5.41) is 3.16. The first kappa shape index (κ1) is 11.1. The summed E-state index contributed by atoms with van der Waals surface area (Å²) in [6.07, 6.45) is 8.26. The van der Waals surface area contributed by atoms with Gasteiger partial charge in [-0.3, -0.25) is 0 Å². The van der Waals surface area contributed by atoms with E-state index in [9.17, 15) is 0 Å². The zero-order valence-corrected chi connectivity index (χ0v) is 9.35. The summed E-state index contributed by atoms with van der Waals surface area (Å²) in [4.78, 5) is 8.15. The largest absolute Gasteiger partial charge is 0.396 e. The average Bonchev–Trinajstić information content (AvgIpc) is 2.33. The van der Waals surface area contributed by atoms with Gasteiger partial charge in [-0.25, -0.2) is 9.97 Å². The molecule has 1 aromatic rings. The van der Waals surface area contributed by atoms with E-state index < -0.39 is 0 Å². The van der Waals surface area contributed by atoms with E-state index in [0.29, 0.717) is 17.7 Å². The zero-order valence-electron chi connectivity index (χ0n) is 9.35. The fourth-order valence-electron chi connectivity index (χ4n) is 1.81. The molecule has 1 aliphatic rings. The molecule has 0 saturated carbocycles. The van der Waals surface area contributed by atoms with Crippen molar-refractivity contribution in [3.8, 4) is 0 Å². The van der Waals surface area contributed by atoms with Gasteiger partial charge in [0.05, 0.1) is 24.2 Å². The lowest BCUT2D eigenvalue weighted by atomic mass is 10.1. The molecule has 1 aliphatic heterocycles. The van der Waals surface area contributed by atoms with Crippen molar-refractivity contribution in [2.75, 3.05) is 24.2 Å². The first-order valence-electron chi connectivity index (χ1n) is 5.77. The standard InChI is InChI=1S/C11H18N4O/c12-9-7-14-11(15-8-9)13-5-4-10-3-1-2-6-16-10/h7-8,10H,1-6,12H2,(H,13,14,15). The van der Waals surface area contributed by atoms with Crippen LogP contribution >= 0.6 is 0 Å². The summed E-state index contributed by atoms with van der Waals surface area (Å²) in [5.41, 5.74) is 6.08. The van der Waals surface area contributed by atoms with Crippen molar-refractivity contribution < 1.29 is 4.74 Å². The van der Waals surface area contributed by atoms with Gasteiger partial charge in [0.2, 0.25) is 5.95 Å². The van der Waals surface area contributed by atoms with Crippen LogP contribution in [-0.2, 0) is 4.74 Å². The van der Waals surface area contributed by atoms with E-state index in [0.717, 1.165) is 19.6 Å². The highest BCUT2D eigenvalue weighted by atomic mass is 16.5. The Balaban J connectivity index is 1.69. The number of nitrogens with two attached hydrogens (primary N) is 1. The smallest absolute Gasteiger partial charge is 0.222 e. The highest BCUT2D eigenvalue weighted by molar-refractivity contribution is 5.35. The molecule has 16 heavy (non-hydrogen) atoms. The number of nitrogens with zero attached hydrogens (tertiary/aromatic N) is 2. The van der Waals surface area contributed by atoms with E-state index in [1.165, 1.54) is 19.3 Å². The van der Waals surface area contributed by atoms with Crippen LogP contribution in [0.5, 0.6) is 0 Å². The quantitative estimate of drug-likeness (QED) is 0.806. The van der Waals surface area contributed by atoms with Crippen molar-refractivity contribution in [3.63, 3.8) is 0 Å². The third kappa shape index (κ3) is 3.34. The molecule has 1 atom stereocenters. The molecule has 0 spiro atoms. The van der Waals surface area contributed by atoms with E-state index >= 15 is 0 Å². The van der Waals surface area contributed by atoms with Gasteiger partial charge in [0.25, 0.3) is 0 Å². The maximum Gasteiger partial charge on any atom is 0.222 e. The van der Waals surface area contributed by atoms with Crippen LogP contribution in [0.25, 0.3) is 0 Å². The van der Waals surface area contributed by atoms with Gasteiger partial charge in [0.1, 0.15) is 0 Å². The number of nitrogens with one attached hydrogen (secondary N) is 1. The molecule has 88 valence electrons. The zero-order chi connectivity index (χ0) is 11.2. The lowest BCUT2D eigenvalue weighted by Crippen LogP contribution is -2.22. The number of nitrogen functional groups attached to an aromatic ring is 1. The fraction of sp³-hybridized carbons (Fsp3) is 0.636. The summed E-state index contributed by atoms with van der Waals surface area (Å²) in [6.45, 7) is 1.75. The van der Waals surface area contributed by atoms with Gasteiger partial charge in [0, 0.05) is 13.2 Å². The third-order valence-electron chi connectivity index (χ3n) is 2.70. The fourth-order valence-corrected chi connectivity index (χ4v) is 1.81. The van der Waals surface area contributed by atoms with Crippen LogP contribution in [-0.4, -0.2) is 29.2 Å². The van der Waals surface area contributed by atoms with Gasteiger partial charge in [-0.2, -0.15) is 0 Å². The van der Waals surface area contributed by atoms with Crippen molar-refractivity contribution in [1.82, 2.24) is 9.97 Å². The van der Waals surface area contributed by atoms with Crippen molar-refractivity contribution in [3.05, 3.63) is 12.4 Å². The monoisotopic (exact) mass is 222 g/mol. The number of hydrogen-bond acceptors (Lipinski definition) is 5. The molecule has 2 heterocycles. The van der Waals surface area contributed by atoms with E-state index in [2.05, 4.69) is 15.3 Å². The lowest BCUT2D eigenvalue weighted by Gasteiger charge is -2.22. The Morgan fingerprint density at radius 3 is 2.88 bits per heavy atom. The molecular weight excluding hydrogens is 204 g/mol. The molecule has 0 radical (unpaired) electrons. The summed E-state index contributed by atoms with van der Waals surface area (Å²) in [7, 11) is 0. The van der Waals surface area contributed by atoms with Crippen LogP contribution in [0.15, 0.2) is 12.4 Å². The first-order chi connectivity index (χ1) is 7.84. The Labute approximate surface area is 95.4 Å². The SMILES string of the molecule is Nc1cnc(NCCC2CCCCO2)nc1. The molecule has 0 amide bonds. The predicted octanol–water partition coefficient (Wildman–Crippen LogP) is 1.43. The minimum Gasteiger partial charge on any atom is -0.396 e.